The highest BCUT2D eigenvalue weighted by Gasteiger charge is 2.07. The van der Waals surface area contributed by atoms with Crippen molar-refractivity contribution in [3.8, 4) is 5.75 Å². The minimum atomic E-state index is 0.225. The summed E-state index contributed by atoms with van der Waals surface area (Å²) in [5.41, 5.74) is 1.21. The molecule has 1 rings (SSSR count). The van der Waals surface area contributed by atoms with Crippen molar-refractivity contribution in [1.82, 2.24) is 0 Å². The predicted molar refractivity (Wildman–Crippen MR) is 68.9 cm³/mol. The highest BCUT2D eigenvalue weighted by Crippen LogP contribution is 2.12. The predicted octanol–water partition coefficient (Wildman–Crippen LogP) is 1.09. The van der Waals surface area contributed by atoms with Crippen molar-refractivity contribution in [1.29, 1.82) is 0 Å². The molecule has 1 atom stereocenters. The molecule has 0 saturated carbocycles. The summed E-state index contributed by atoms with van der Waals surface area (Å²) in [4.78, 5) is 0. The summed E-state index contributed by atoms with van der Waals surface area (Å²) in [7, 11) is 0. The van der Waals surface area contributed by atoms with Crippen molar-refractivity contribution < 1.29 is 15.2 Å². The molecule has 3 nitrogen and oxygen atoms in total. The summed E-state index contributed by atoms with van der Waals surface area (Å²) in [6, 6.07) is 8.32. The minimum absolute atomic E-state index is 0.225. The molecule has 0 fully saturated rings. The molecule has 0 amide bonds. The van der Waals surface area contributed by atoms with Gasteiger partial charge in [-0.25, -0.2) is 0 Å². The van der Waals surface area contributed by atoms with Gasteiger partial charge in [0.05, 0.1) is 6.61 Å². The Kier molecular flexibility index (Phi) is 6.37. The fraction of sp³-hybridized carbons (Fsp3) is 0.429. The smallest absolute Gasteiger partial charge is 0.120 e. The molecule has 0 unspecified atom stereocenters. The van der Waals surface area contributed by atoms with Crippen molar-refractivity contribution in [3.05, 3.63) is 42.5 Å². The van der Waals surface area contributed by atoms with Gasteiger partial charge in [0, 0.05) is 5.56 Å². The van der Waals surface area contributed by atoms with Gasteiger partial charge < -0.3 is 15.2 Å². The number of hydrogen-bond acceptors (Lipinski definition) is 2. The normalized spacial score (nSPS) is 12.1. The molecule has 0 aliphatic rings. The Balaban J connectivity index is 2.50. The molecule has 0 heterocycles. The molecule has 0 aromatic heterocycles. The van der Waals surface area contributed by atoms with Crippen LogP contribution in [0.5, 0.6) is 5.75 Å². The zero-order valence-electron chi connectivity index (χ0n) is 10.4. The Morgan fingerprint density at radius 3 is 3.00 bits per heavy atom. The first-order chi connectivity index (χ1) is 8.30. The summed E-state index contributed by atoms with van der Waals surface area (Å²) >= 11 is 0. The van der Waals surface area contributed by atoms with Crippen LogP contribution in [0.1, 0.15) is 18.9 Å². The van der Waals surface area contributed by atoms with E-state index < -0.39 is 0 Å². The van der Waals surface area contributed by atoms with E-state index in [4.69, 9.17) is 9.84 Å². The average Bonchev–Trinajstić information content (AvgIpc) is 2.38. The maximum Gasteiger partial charge on any atom is 0.120 e. The number of aliphatic hydroxyl groups excluding tert-OH is 1. The van der Waals surface area contributed by atoms with Crippen molar-refractivity contribution in [3.63, 3.8) is 0 Å². The Bertz CT molecular complexity index is 335. The van der Waals surface area contributed by atoms with E-state index in [2.05, 4.69) is 24.9 Å². The molecule has 17 heavy (non-hydrogen) atoms. The van der Waals surface area contributed by atoms with Gasteiger partial charge in [0.2, 0.25) is 0 Å². The largest absolute Gasteiger partial charge is 0.490 e. The van der Waals surface area contributed by atoms with Crippen molar-refractivity contribution >= 4 is 0 Å². The Hall–Kier alpha value is -1.32. The maximum atomic E-state index is 9.11. The van der Waals surface area contributed by atoms with E-state index in [-0.39, 0.29) is 12.6 Å². The van der Waals surface area contributed by atoms with Gasteiger partial charge in [-0.1, -0.05) is 31.7 Å². The van der Waals surface area contributed by atoms with E-state index in [1.807, 2.05) is 18.2 Å². The third kappa shape index (κ3) is 5.02. The van der Waals surface area contributed by atoms with Crippen LogP contribution in [0.4, 0.5) is 0 Å². The second kappa shape index (κ2) is 7.87. The second-order valence-corrected chi connectivity index (χ2v) is 4.04. The molecule has 0 radical (unpaired) electrons. The van der Waals surface area contributed by atoms with Gasteiger partial charge in [-0.2, -0.15) is 0 Å². The lowest BCUT2D eigenvalue weighted by atomic mass is 10.2. The van der Waals surface area contributed by atoms with Crippen molar-refractivity contribution in [2.24, 2.45) is 0 Å². The minimum Gasteiger partial charge on any atom is -0.490 e. The van der Waals surface area contributed by atoms with Gasteiger partial charge in [0.15, 0.2) is 0 Å². The van der Waals surface area contributed by atoms with Crippen LogP contribution >= 0.6 is 0 Å². The summed E-state index contributed by atoms with van der Waals surface area (Å²) in [5, 5.41) is 11.3. The summed E-state index contributed by atoms with van der Waals surface area (Å²) in [6.45, 7) is 7.33. The SMILES string of the molecule is C=CCOc1cccc(C[NH2+][C@H](CC)CO)c1. The molecule has 0 aliphatic heterocycles. The molecular formula is C14H22NO2+. The number of ether oxygens (including phenoxy) is 1. The number of rotatable bonds is 8. The second-order valence-electron chi connectivity index (χ2n) is 4.04. The van der Waals surface area contributed by atoms with Crippen LogP contribution in [-0.2, 0) is 6.54 Å². The Morgan fingerprint density at radius 2 is 2.35 bits per heavy atom. The molecule has 1 aromatic carbocycles. The van der Waals surface area contributed by atoms with Crippen LogP contribution in [0.2, 0.25) is 0 Å². The quantitative estimate of drug-likeness (QED) is 0.664. The number of quaternary nitrogens is 1. The van der Waals surface area contributed by atoms with Crippen LogP contribution in [0.25, 0.3) is 0 Å². The zero-order chi connectivity index (χ0) is 12.5. The molecule has 0 spiro atoms. The molecule has 0 bridgehead atoms. The van der Waals surface area contributed by atoms with E-state index in [9.17, 15) is 0 Å². The Labute approximate surface area is 103 Å². The maximum absolute atomic E-state index is 9.11. The summed E-state index contributed by atoms with van der Waals surface area (Å²) < 4.78 is 5.47. The number of hydrogen-bond donors (Lipinski definition) is 2. The molecule has 3 heteroatoms. The molecule has 0 saturated heterocycles. The zero-order valence-corrected chi connectivity index (χ0v) is 10.4. The van der Waals surface area contributed by atoms with Crippen LogP contribution < -0.4 is 10.1 Å². The number of nitrogens with two attached hydrogens (primary N) is 1. The van der Waals surface area contributed by atoms with E-state index in [1.165, 1.54) is 5.56 Å². The summed E-state index contributed by atoms with van der Waals surface area (Å²) in [6.07, 6.45) is 2.71. The van der Waals surface area contributed by atoms with Gasteiger partial charge in [-0.3, -0.25) is 0 Å². The topological polar surface area (TPSA) is 46.1 Å². The van der Waals surface area contributed by atoms with Gasteiger partial charge >= 0.3 is 0 Å². The van der Waals surface area contributed by atoms with Crippen LogP contribution in [0, 0.1) is 0 Å². The van der Waals surface area contributed by atoms with E-state index >= 15 is 0 Å². The van der Waals surface area contributed by atoms with Crippen LogP contribution in [0.15, 0.2) is 36.9 Å². The first-order valence-corrected chi connectivity index (χ1v) is 6.07. The monoisotopic (exact) mass is 236 g/mol. The fourth-order valence-corrected chi connectivity index (χ4v) is 1.59. The van der Waals surface area contributed by atoms with E-state index in [0.717, 1.165) is 18.7 Å². The lowest BCUT2D eigenvalue weighted by Crippen LogP contribution is -2.89. The molecule has 0 aliphatic carbocycles. The van der Waals surface area contributed by atoms with Crippen LogP contribution in [0.3, 0.4) is 0 Å². The third-order valence-corrected chi connectivity index (χ3v) is 2.71. The van der Waals surface area contributed by atoms with Gasteiger partial charge in [0.1, 0.15) is 24.9 Å². The highest BCUT2D eigenvalue weighted by molar-refractivity contribution is 5.28. The van der Waals surface area contributed by atoms with E-state index in [1.54, 1.807) is 6.08 Å². The lowest BCUT2D eigenvalue weighted by molar-refractivity contribution is -0.706. The fourth-order valence-electron chi connectivity index (χ4n) is 1.59. The molecular weight excluding hydrogens is 214 g/mol. The molecule has 94 valence electrons. The van der Waals surface area contributed by atoms with E-state index in [0.29, 0.717) is 6.61 Å². The van der Waals surface area contributed by atoms with Crippen molar-refractivity contribution in [2.75, 3.05) is 13.2 Å². The van der Waals surface area contributed by atoms with Crippen LogP contribution in [-0.4, -0.2) is 24.4 Å². The Morgan fingerprint density at radius 1 is 1.53 bits per heavy atom. The first-order valence-electron chi connectivity index (χ1n) is 6.07. The molecule has 3 N–H and O–H groups in total. The van der Waals surface area contributed by atoms with Gasteiger partial charge in [0.25, 0.3) is 0 Å². The van der Waals surface area contributed by atoms with Gasteiger partial charge in [-0.05, 0) is 18.6 Å². The summed E-state index contributed by atoms with van der Waals surface area (Å²) in [5.74, 6) is 0.868. The lowest BCUT2D eigenvalue weighted by Gasteiger charge is -2.11. The van der Waals surface area contributed by atoms with Gasteiger partial charge in [-0.15, -0.1) is 0 Å². The molecule has 1 aromatic rings. The van der Waals surface area contributed by atoms with Crippen molar-refractivity contribution in [2.45, 2.75) is 25.9 Å². The third-order valence-electron chi connectivity index (χ3n) is 2.71. The number of aliphatic hydroxyl groups is 1. The first kappa shape index (κ1) is 13.7. The highest BCUT2D eigenvalue weighted by atomic mass is 16.5. The average molecular weight is 236 g/mol. The number of benzene rings is 1. The standard InChI is InChI=1S/C14H21NO2/c1-3-8-17-14-7-5-6-12(9-14)10-15-13(4-2)11-16/h3,5-7,9,13,15-16H,1,4,8,10-11H2,2H3/p+1/t13-/m1/s1.